The summed E-state index contributed by atoms with van der Waals surface area (Å²) in [6, 6.07) is 5.24. The van der Waals surface area contributed by atoms with Crippen LogP contribution in [0.15, 0.2) is 35.4 Å². The number of hydrogen-bond donors (Lipinski definition) is 3. The van der Waals surface area contributed by atoms with Gasteiger partial charge in [-0.05, 0) is 43.9 Å². The third-order valence-electron chi connectivity index (χ3n) is 5.83. The second kappa shape index (κ2) is 9.18. The lowest BCUT2D eigenvalue weighted by atomic mass is 10.00. The first-order valence-electron chi connectivity index (χ1n) is 11.0. The number of aryl methyl sites for hydroxylation is 1. The summed E-state index contributed by atoms with van der Waals surface area (Å²) in [7, 11) is 0. The molecule has 4 rings (SSSR count). The Morgan fingerprint density at radius 3 is 2.66 bits per heavy atom. The van der Waals surface area contributed by atoms with Gasteiger partial charge in [0.2, 0.25) is 5.91 Å². The summed E-state index contributed by atoms with van der Waals surface area (Å²) in [5.74, 6) is 0.376. The fourth-order valence-corrected chi connectivity index (χ4v) is 3.89. The Labute approximate surface area is 186 Å². The summed E-state index contributed by atoms with van der Waals surface area (Å²) >= 11 is 0. The van der Waals surface area contributed by atoms with Crippen LogP contribution in [0.1, 0.15) is 50.0 Å². The molecule has 3 N–H and O–H groups in total. The van der Waals surface area contributed by atoms with Crippen LogP contribution in [0.5, 0.6) is 0 Å². The lowest BCUT2D eigenvalue weighted by Crippen LogP contribution is -2.24. The van der Waals surface area contributed by atoms with Crippen molar-refractivity contribution in [1.82, 2.24) is 14.5 Å². The number of rotatable bonds is 8. The van der Waals surface area contributed by atoms with E-state index < -0.39 is 6.10 Å². The molecule has 0 saturated heterocycles. The number of carbonyl (C=O) groups is 1. The second-order valence-electron chi connectivity index (χ2n) is 8.36. The molecule has 8 nitrogen and oxygen atoms in total. The monoisotopic (exact) mass is 436 g/mol. The van der Waals surface area contributed by atoms with Gasteiger partial charge in [0.15, 0.2) is 0 Å². The van der Waals surface area contributed by atoms with Crippen molar-refractivity contribution in [2.45, 2.75) is 52.2 Å². The molecular formula is C24H28N4O4. The van der Waals surface area contributed by atoms with Gasteiger partial charge in [0.25, 0.3) is 5.56 Å². The predicted octanol–water partition coefficient (Wildman–Crippen LogP) is 2.94. The van der Waals surface area contributed by atoms with E-state index in [1.165, 1.54) is 4.57 Å². The summed E-state index contributed by atoms with van der Waals surface area (Å²) in [6.07, 6.45) is 5.85. The van der Waals surface area contributed by atoms with E-state index in [1.807, 2.05) is 19.9 Å². The fourth-order valence-electron chi connectivity index (χ4n) is 3.89. The Kier molecular flexibility index (Phi) is 6.34. The van der Waals surface area contributed by atoms with Crippen molar-refractivity contribution in [3.05, 3.63) is 52.2 Å². The molecule has 1 aliphatic rings. The number of nitrogens with zero attached hydrogens (tertiary/aromatic N) is 3. The van der Waals surface area contributed by atoms with Gasteiger partial charge in [-0.3, -0.25) is 14.6 Å². The van der Waals surface area contributed by atoms with Gasteiger partial charge in [-0.25, -0.2) is 4.98 Å². The molecule has 3 heterocycles. The maximum absolute atomic E-state index is 13.4. The molecule has 0 aliphatic heterocycles. The Bertz CT molecular complexity index is 1220. The lowest BCUT2D eigenvalue weighted by molar-refractivity contribution is -0.117. The van der Waals surface area contributed by atoms with E-state index in [0.717, 1.165) is 24.8 Å². The number of anilines is 1. The first-order valence-corrected chi connectivity index (χ1v) is 11.0. The quantitative estimate of drug-likeness (QED) is 0.500. The summed E-state index contributed by atoms with van der Waals surface area (Å²) < 4.78 is 1.50. The highest BCUT2D eigenvalue weighted by molar-refractivity contribution is 5.95. The van der Waals surface area contributed by atoms with E-state index in [9.17, 15) is 19.8 Å². The van der Waals surface area contributed by atoms with Crippen LogP contribution in [-0.4, -0.2) is 37.3 Å². The van der Waals surface area contributed by atoms with E-state index in [2.05, 4.69) is 15.3 Å². The van der Waals surface area contributed by atoms with Crippen molar-refractivity contribution in [2.24, 2.45) is 5.92 Å². The highest BCUT2D eigenvalue weighted by Gasteiger charge is 2.29. The predicted molar refractivity (Wildman–Crippen MR) is 122 cm³/mol. The van der Waals surface area contributed by atoms with Crippen LogP contribution in [0.2, 0.25) is 0 Å². The van der Waals surface area contributed by atoms with Crippen LogP contribution in [0.4, 0.5) is 5.82 Å². The smallest absolute Gasteiger partial charge is 0.259 e. The summed E-state index contributed by atoms with van der Waals surface area (Å²) in [4.78, 5) is 34.2. The van der Waals surface area contributed by atoms with Crippen molar-refractivity contribution in [2.75, 3.05) is 11.9 Å². The standard InChI is InChI=1S/C24H28N4O4/c1-3-4-21(30)19-9-14(2)18(13-25-19)17-10-16-12-26-22(27-23(31)15-5-6-15)11-20(16)28(7-8-29)24(17)32/h9-13,15,21,29-30H,3-8H2,1-2H3,(H,26,27,31)/t21-/m1/s1. The van der Waals surface area contributed by atoms with Gasteiger partial charge >= 0.3 is 0 Å². The molecule has 0 aromatic carbocycles. The Morgan fingerprint density at radius 1 is 1.22 bits per heavy atom. The van der Waals surface area contributed by atoms with E-state index in [1.54, 1.807) is 24.5 Å². The van der Waals surface area contributed by atoms with Gasteiger partial charge in [-0.1, -0.05) is 13.3 Å². The van der Waals surface area contributed by atoms with E-state index in [4.69, 9.17) is 0 Å². The minimum Gasteiger partial charge on any atom is -0.395 e. The molecule has 168 valence electrons. The van der Waals surface area contributed by atoms with Crippen LogP contribution in [0, 0.1) is 12.8 Å². The minimum atomic E-state index is -0.635. The first kappa shape index (κ1) is 22.1. The molecular weight excluding hydrogens is 408 g/mol. The average Bonchev–Trinajstić information content (AvgIpc) is 3.62. The van der Waals surface area contributed by atoms with Gasteiger partial charge in [-0.2, -0.15) is 0 Å². The van der Waals surface area contributed by atoms with Crippen molar-refractivity contribution in [1.29, 1.82) is 0 Å². The molecule has 1 saturated carbocycles. The number of aliphatic hydroxyl groups is 2. The molecule has 3 aromatic rings. The second-order valence-corrected chi connectivity index (χ2v) is 8.36. The largest absolute Gasteiger partial charge is 0.395 e. The molecule has 1 amide bonds. The molecule has 1 atom stereocenters. The Balaban J connectivity index is 1.78. The molecule has 8 heteroatoms. The third kappa shape index (κ3) is 4.42. The van der Waals surface area contributed by atoms with E-state index in [-0.39, 0.29) is 30.5 Å². The Morgan fingerprint density at radius 2 is 2.00 bits per heavy atom. The summed E-state index contributed by atoms with van der Waals surface area (Å²) in [6.45, 7) is 3.79. The molecule has 0 unspecified atom stereocenters. The minimum absolute atomic E-state index is 0.0452. The number of hydrogen-bond acceptors (Lipinski definition) is 6. The summed E-state index contributed by atoms with van der Waals surface area (Å²) in [5.41, 5.74) is 2.87. The van der Waals surface area contributed by atoms with Crippen LogP contribution in [-0.2, 0) is 11.3 Å². The molecule has 3 aromatic heterocycles. The normalized spacial score (nSPS) is 14.5. The Hall–Kier alpha value is -3.10. The zero-order valence-corrected chi connectivity index (χ0v) is 18.3. The third-order valence-corrected chi connectivity index (χ3v) is 5.83. The zero-order valence-electron chi connectivity index (χ0n) is 18.3. The van der Waals surface area contributed by atoms with Crippen molar-refractivity contribution < 1.29 is 15.0 Å². The van der Waals surface area contributed by atoms with Crippen LogP contribution in [0.25, 0.3) is 22.0 Å². The number of fused-ring (bicyclic) bond motifs is 1. The van der Waals surface area contributed by atoms with Gasteiger partial charge in [0, 0.05) is 47.4 Å². The molecule has 1 aliphatic carbocycles. The lowest BCUT2D eigenvalue weighted by Gasteiger charge is -2.15. The number of pyridine rings is 3. The van der Waals surface area contributed by atoms with E-state index >= 15 is 0 Å². The fraction of sp³-hybridized carbons (Fsp3) is 0.417. The first-order chi connectivity index (χ1) is 15.4. The van der Waals surface area contributed by atoms with Crippen molar-refractivity contribution in [3.63, 3.8) is 0 Å². The topological polar surface area (TPSA) is 117 Å². The van der Waals surface area contributed by atoms with Gasteiger partial charge in [0.1, 0.15) is 5.82 Å². The molecule has 0 bridgehead atoms. The molecule has 1 fully saturated rings. The highest BCUT2D eigenvalue weighted by Crippen LogP contribution is 2.31. The number of carbonyl (C=O) groups excluding carboxylic acids is 1. The number of aromatic nitrogens is 3. The maximum atomic E-state index is 13.4. The van der Waals surface area contributed by atoms with E-state index in [0.29, 0.717) is 40.0 Å². The molecule has 0 spiro atoms. The van der Waals surface area contributed by atoms with Crippen molar-refractivity contribution in [3.8, 4) is 11.1 Å². The van der Waals surface area contributed by atoms with Crippen LogP contribution >= 0.6 is 0 Å². The average molecular weight is 437 g/mol. The number of aliphatic hydroxyl groups excluding tert-OH is 2. The summed E-state index contributed by atoms with van der Waals surface area (Å²) in [5, 5.41) is 23.3. The van der Waals surface area contributed by atoms with Crippen LogP contribution < -0.4 is 10.9 Å². The van der Waals surface area contributed by atoms with Crippen molar-refractivity contribution >= 4 is 22.6 Å². The SMILES string of the molecule is CCC[C@@H](O)c1cc(C)c(-c2cc3cnc(NC(=O)C4CC4)cc3n(CCO)c2=O)cn1. The zero-order chi connectivity index (χ0) is 22.8. The number of nitrogens with one attached hydrogen (secondary N) is 1. The molecule has 32 heavy (non-hydrogen) atoms. The maximum Gasteiger partial charge on any atom is 0.259 e. The molecule has 0 radical (unpaired) electrons. The van der Waals surface area contributed by atoms with Crippen LogP contribution in [0.3, 0.4) is 0 Å². The highest BCUT2D eigenvalue weighted by atomic mass is 16.3. The van der Waals surface area contributed by atoms with Gasteiger partial charge in [0.05, 0.1) is 23.9 Å². The number of amides is 1. The van der Waals surface area contributed by atoms with Gasteiger partial charge < -0.3 is 20.1 Å². The van der Waals surface area contributed by atoms with Gasteiger partial charge in [-0.15, -0.1) is 0 Å².